The third-order valence-electron chi connectivity index (χ3n) is 2.61. The van der Waals surface area contributed by atoms with Gasteiger partial charge in [-0.1, -0.05) is 11.6 Å². The first kappa shape index (κ1) is 13.5. The van der Waals surface area contributed by atoms with Gasteiger partial charge >= 0.3 is 0 Å². The van der Waals surface area contributed by atoms with Crippen molar-refractivity contribution in [1.82, 2.24) is 4.98 Å². The van der Waals surface area contributed by atoms with Crippen LogP contribution in [-0.4, -0.2) is 11.3 Å². The first-order valence-corrected chi connectivity index (χ1v) is 5.59. The third-order valence-corrected chi connectivity index (χ3v) is 2.94. The number of carbonyl (C=O) groups excluding carboxylic acids is 1. The molecule has 19 heavy (non-hydrogen) atoms. The van der Waals surface area contributed by atoms with Crippen LogP contribution < -0.4 is 0 Å². The van der Waals surface area contributed by atoms with E-state index in [0.29, 0.717) is 6.29 Å². The summed E-state index contributed by atoms with van der Waals surface area (Å²) >= 11 is 5.56. The fourth-order valence-electron chi connectivity index (χ4n) is 1.72. The molecule has 2 nitrogen and oxygen atoms in total. The van der Waals surface area contributed by atoms with Crippen LogP contribution in [0.5, 0.6) is 0 Å². The molecule has 0 aliphatic carbocycles. The molecule has 98 valence electrons. The van der Waals surface area contributed by atoms with Crippen LogP contribution in [0, 0.1) is 5.82 Å². The van der Waals surface area contributed by atoms with Crippen molar-refractivity contribution in [2.24, 2.45) is 0 Å². The molecule has 0 aliphatic rings. The number of rotatable bonds is 3. The molecule has 0 saturated heterocycles. The van der Waals surface area contributed by atoms with Crippen molar-refractivity contribution in [2.45, 2.75) is 6.43 Å². The molecule has 6 heteroatoms. The molecule has 0 N–H and O–H groups in total. The minimum absolute atomic E-state index is 0.107. The summed E-state index contributed by atoms with van der Waals surface area (Å²) in [5.41, 5.74) is -0.665. The van der Waals surface area contributed by atoms with Gasteiger partial charge in [0.1, 0.15) is 5.82 Å². The van der Waals surface area contributed by atoms with Crippen LogP contribution in [0.3, 0.4) is 0 Å². The lowest BCUT2D eigenvalue weighted by molar-refractivity contribution is 0.112. The van der Waals surface area contributed by atoms with Gasteiger partial charge in [-0.2, -0.15) is 0 Å². The van der Waals surface area contributed by atoms with E-state index in [1.54, 1.807) is 0 Å². The largest absolute Gasteiger partial charge is 0.298 e. The maximum Gasteiger partial charge on any atom is 0.268 e. The normalized spacial score (nSPS) is 10.8. The number of halogens is 4. The van der Waals surface area contributed by atoms with E-state index in [1.807, 2.05) is 0 Å². The smallest absolute Gasteiger partial charge is 0.268 e. The van der Waals surface area contributed by atoms with Gasteiger partial charge in [0.25, 0.3) is 6.43 Å². The molecule has 2 aromatic rings. The number of alkyl halides is 2. The summed E-state index contributed by atoms with van der Waals surface area (Å²) in [6, 6.07) is 3.81. The van der Waals surface area contributed by atoms with Crippen LogP contribution >= 0.6 is 11.6 Å². The zero-order valence-electron chi connectivity index (χ0n) is 9.41. The first-order chi connectivity index (χ1) is 9.06. The Bertz CT molecular complexity index is 631. The van der Waals surface area contributed by atoms with E-state index >= 15 is 0 Å². The van der Waals surface area contributed by atoms with Gasteiger partial charge in [-0.05, 0) is 23.8 Å². The van der Waals surface area contributed by atoms with Crippen LogP contribution in [0.2, 0.25) is 5.02 Å². The van der Waals surface area contributed by atoms with E-state index < -0.39 is 17.8 Å². The Morgan fingerprint density at radius 3 is 2.58 bits per heavy atom. The van der Waals surface area contributed by atoms with Gasteiger partial charge in [-0.3, -0.25) is 9.78 Å². The van der Waals surface area contributed by atoms with E-state index in [4.69, 9.17) is 11.6 Å². The van der Waals surface area contributed by atoms with E-state index in [9.17, 15) is 18.0 Å². The molecule has 0 fully saturated rings. The second kappa shape index (κ2) is 5.40. The number of benzene rings is 1. The lowest BCUT2D eigenvalue weighted by atomic mass is 9.99. The Labute approximate surface area is 111 Å². The number of hydrogen-bond donors (Lipinski definition) is 0. The predicted octanol–water partition coefficient (Wildman–Crippen LogP) is 4.29. The number of pyridine rings is 1. The van der Waals surface area contributed by atoms with Gasteiger partial charge in [0, 0.05) is 23.5 Å². The highest BCUT2D eigenvalue weighted by atomic mass is 35.5. The third kappa shape index (κ3) is 2.46. The van der Waals surface area contributed by atoms with Crippen LogP contribution in [0.15, 0.2) is 30.6 Å². The first-order valence-electron chi connectivity index (χ1n) is 5.22. The Hall–Kier alpha value is -1.88. The maximum atomic E-state index is 14.1. The monoisotopic (exact) mass is 285 g/mol. The zero-order chi connectivity index (χ0) is 14.0. The van der Waals surface area contributed by atoms with E-state index in [-0.39, 0.29) is 21.7 Å². The summed E-state index contributed by atoms with van der Waals surface area (Å²) in [6.07, 6.45) is 0.0314. The number of carbonyl (C=O) groups is 1. The average Bonchev–Trinajstić information content (AvgIpc) is 2.38. The van der Waals surface area contributed by atoms with Crippen LogP contribution in [-0.2, 0) is 0 Å². The fourth-order valence-corrected chi connectivity index (χ4v) is 1.95. The molecule has 0 bridgehead atoms. The Balaban J connectivity index is 2.70. The Morgan fingerprint density at radius 2 is 1.95 bits per heavy atom. The molecule has 0 spiro atoms. The van der Waals surface area contributed by atoms with Gasteiger partial charge in [0.05, 0.1) is 10.6 Å². The Morgan fingerprint density at radius 1 is 1.21 bits per heavy atom. The lowest BCUT2D eigenvalue weighted by Gasteiger charge is -2.11. The van der Waals surface area contributed by atoms with Gasteiger partial charge in [-0.25, -0.2) is 13.2 Å². The molecule has 0 radical (unpaired) electrons. The van der Waals surface area contributed by atoms with Crippen LogP contribution in [0.25, 0.3) is 11.1 Å². The van der Waals surface area contributed by atoms with Crippen molar-refractivity contribution in [2.75, 3.05) is 0 Å². The predicted molar refractivity (Wildman–Crippen MR) is 65.0 cm³/mol. The molecule has 0 amide bonds. The number of aromatic nitrogens is 1. The summed E-state index contributed by atoms with van der Waals surface area (Å²) in [6.45, 7) is 0. The second-order valence-electron chi connectivity index (χ2n) is 3.70. The quantitative estimate of drug-likeness (QED) is 0.787. The van der Waals surface area contributed by atoms with Crippen molar-refractivity contribution >= 4 is 17.9 Å². The molecular formula is C13H7ClF3NO. The Kier molecular flexibility index (Phi) is 3.85. The summed E-state index contributed by atoms with van der Waals surface area (Å²) in [5.74, 6) is -1.13. The zero-order valence-corrected chi connectivity index (χ0v) is 10.2. The number of nitrogens with zero attached hydrogens (tertiary/aromatic N) is 1. The van der Waals surface area contributed by atoms with Gasteiger partial charge in [0.15, 0.2) is 6.29 Å². The summed E-state index contributed by atoms with van der Waals surface area (Å²) in [5, 5.41) is -0.349. The summed E-state index contributed by atoms with van der Waals surface area (Å²) < 4.78 is 39.6. The van der Waals surface area contributed by atoms with Crippen molar-refractivity contribution in [3.8, 4) is 11.1 Å². The van der Waals surface area contributed by atoms with Crippen LogP contribution in [0.4, 0.5) is 13.2 Å². The molecule has 0 aliphatic heterocycles. The molecule has 0 atom stereocenters. The highest BCUT2D eigenvalue weighted by molar-refractivity contribution is 6.31. The highest BCUT2D eigenvalue weighted by Gasteiger charge is 2.22. The summed E-state index contributed by atoms with van der Waals surface area (Å²) in [7, 11) is 0. The minimum Gasteiger partial charge on any atom is -0.298 e. The molecule has 1 aromatic heterocycles. The number of hydrogen-bond acceptors (Lipinski definition) is 2. The van der Waals surface area contributed by atoms with Crippen molar-refractivity contribution in [3.05, 3.63) is 52.6 Å². The topological polar surface area (TPSA) is 30.0 Å². The molecule has 1 aromatic carbocycles. The van der Waals surface area contributed by atoms with Crippen molar-refractivity contribution in [1.29, 1.82) is 0 Å². The molecule has 0 unspecified atom stereocenters. The van der Waals surface area contributed by atoms with E-state index in [2.05, 4.69) is 4.98 Å². The number of aldehydes is 1. The fraction of sp³-hybridized carbons (Fsp3) is 0.0769. The molecular weight excluding hydrogens is 279 g/mol. The lowest BCUT2D eigenvalue weighted by Crippen LogP contribution is -1.98. The second-order valence-corrected chi connectivity index (χ2v) is 4.11. The maximum absolute atomic E-state index is 14.1. The van der Waals surface area contributed by atoms with E-state index in [1.165, 1.54) is 30.6 Å². The van der Waals surface area contributed by atoms with Crippen molar-refractivity contribution in [3.63, 3.8) is 0 Å². The van der Waals surface area contributed by atoms with Crippen molar-refractivity contribution < 1.29 is 18.0 Å². The standard InChI is InChI=1S/C13H7ClF3NO/c14-10-2-1-9(12(15)11(10)13(16)17)8-3-4-18-5-7(8)6-19/h1-6,13H. The molecule has 0 saturated carbocycles. The van der Waals surface area contributed by atoms with E-state index in [0.717, 1.165) is 0 Å². The molecule has 2 rings (SSSR count). The summed E-state index contributed by atoms with van der Waals surface area (Å²) in [4.78, 5) is 14.6. The minimum atomic E-state index is -3.03. The molecule has 1 heterocycles. The van der Waals surface area contributed by atoms with Gasteiger partial charge in [0.2, 0.25) is 0 Å². The SMILES string of the molecule is O=Cc1cnccc1-c1ccc(Cl)c(C(F)F)c1F. The van der Waals surface area contributed by atoms with Crippen LogP contribution in [0.1, 0.15) is 22.3 Å². The average molecular weight is 286 g/mol. The van der Waals surface area contributed by atoms with Gasteiger partial charge < -0.3 is 0 Å². The van der Waals surface area contributed by atoms with Gasteiger partial charge in [-0.15, -0.1) is 0 Å². The highest BCUT2D eigenvalue weighted by Crippen LogP contribution is 2.35.